The van der Waals surface area contributed by atoms with Gasteiger partial charge in [0.15, 0.2) is 0 Å². The van der Waals surface area contributed by atoms with Crippen LogP contribution in [-0.2, 0) is 9.59 Å². The summed E-state index contributed by atoms with van der Waals surface area (Å²) in [4.78, 5) is 23.2. The second kappa shape index (κ2) is 8.21. The summed E-state index contributed by atoms with van der Waals surface area (Å²) in [6.45, 7) is 3.15. The number of hydrogen-bond acceptors (Lipinski definition) is 6. The number of carbonyl (C=O) groups is 2. The standard InChI is InChI=1S/2C9H16N2O2/c2*12-7-1-3-9(4-2-7)8(13)10-5-6-11-9/h2*7,11-12H,1-6H2,(H,10,13). The van der Waals surface area contributed by atoms with E-state index in [0.717, 1.165) is 77.5 Å². The average Bonchev–Trinajstić information content (AvgIpc) is 2.65. The SMILES string of the molecule is O=C1NCCNC12CCC(O)CC2.O=C1NCCNC12CCC(O)CC2. The van der Waals surface area contributed by atoms with Crippen LogP contribution in [0, 0.1) is 0 Å². The molecule has 8 nitrogen and oxygen atoms in total. The van der Waals surface area contributed by atoms with Crippen LogP contribution >= 0.6 is 0 Å². The van der Waals surface area contributed by atoms with E-state index in [1.54, 1.807) is 0 Å². The molecule has 0 bridgehead atoms. The normalized spacial score (nSPS) is 40.4. The zero-order chi connectivity index (χ0) is 18.6. The Kier molecular flexibility index (Phi) is 6.17. The van der Waals surface area contributed by atoms with E-state index in [9.17, 15) is 19.8 Å². The van der Waals surface area contributed by atoms with E-state index < -0.39 is 0 Å². The zero-order valence-electron chi connectivity index (χ0n) is 15.4. The summed E-state index contributed by atoms with van der Waals surface area (Å²) in [6, 6.07) is 0. The lowest BCUT2D eigenvalue weighted by atomic mass is 9.79. The van der Waals surface area contributed by atoms with Crippen LogP contribution in [0.4, 0.5) is 0 Å². The van der Waals surface area contributed by atoms with Gasteiger partial charge < -0.3 is 31.5 Å². The minimum absolute atomic E-state index is 0.116. The predicted molar refractivity (Wildman–Crippen MR) is 96.4 cm³/mol. The van der Waals surface area contributed by atoms with Gasteiger partial charge in [0, 0.05) is 26.2 Å². The average molecular weight is 368 g/mol. The number of amides is 2. The van der Waals surface area contributed by atoms with Crippen LogP contribution in [0.25, 0.3) is 0 Å². The van der Waals surface area contributed by atoms with E-state index in [1.165, 1.54) is 0 Å². The Bertz CT molecular complexity index is 465. The molecule has 148 valence electrons. The number of aliphatic hydroxyl groups is 2. The molecule has 8 heteroatoms. The fraction of sp³-hybridized carbons (Fsp3) is 0.889. The fourth-order valence-corrected chi connectivity index (χ4v) is 4.45. The van der Waals surface area contributed by atoms with Crippen molar-refractivity contribution in [2.75, 3.05) is 26.2 Å². The Hall–Kier alpha value is -1.22. The largest absolute Gasteiger partial charge is 0.393 e. The number of piperazine rings is 2. The third-order valence-corrected chi connectivity index (χ3v) is 6.23. The molecule has 0 aromatic rings. The lowest BCUT2D eigenvalue weighted by molar-refractivity contribution is -0.132. The van der Waals surface area contributed by atoms with Crippen LogP contribution in [0.3, 0.4) is 0 Å². The van der Waals surface area contributed by atoms with Crippen molar-refractivity contribution in [1.29, 1.82) is 0 Å². The van der Waals surface area contributed by atoms with E-state index >= 15 is 0 Å². The molecule has 2 spiro atoms. The highest BCUT2D eigenvalue weighted by atomic mass is 16.3. The number of hydrogen-bond donors (Lipinski definition) is 6. The van der Waals surface area contributed by atoms with Gasteiger partial charge in [-0.2, -0.15) is 0 Å². The number of aliphatic hydroxyl groups excluding tert-OH is 2. The van der Waals surface area contributed by atoms with E-state index in [0.29, 0.717) is 0 Å². The van der Waals surface area contributed by atoms with E-state index in [4.69, 9.17) is 0 Å². The van der Waals surface area contributed by atoms with Crippen LogP contribution in [-0.4, -0.2) is 71.5 Å². The van der Waals surface area contributed by atoms with E-state index in [2.05, 4.69) is 21.3 Å². The summed E-state index contributed by atoms with van der Waals surface area (Å²) in [7, 11) is 0. The quantitative estimate of drug-likeness (QED) is 0.318. The molecule has 4 rings (SSSR count). The molecule has 2 saturated heterocycles. The first kappa shape index (κ1) is 19.5. The molecule has 0 radical (unpaired) electrons. The van der Waals surface area contributed by atoms with Crippen LogP contribution < -0.4 is 21.3 Å². The summed E-state index contributed by atoms with van der Waals surface area (Å²) in [5.41, 5.74) is -0.727. The molecule has 26 heavy (non-hydrogen) atoms. The van der Waals surface area contributed by atoms with Gasteiger partial charge in [0.1, 0.15) is 0 Å². The van der Waals surface area contributed by atoms with Crippen molar-refractivity contribution >= 4 is 11.8 Å². The minimum Gasteiger partial charge on any atom is -0.393 e. The van der Waals surface area contributed by atoms with Crippen molar-refractivity contribution in [1.82, 2.24) is 21.3 Å². The molecule has 0 unspecified atom stereocenters. The van der Waals surface area contributed by atoms with Crippen molar-refractivity contribution in [3.63, 3.8) is 0 Å². The van der Waals surface area contributed by atoms with Crippen molar-refractivity contribution in [3.8, 4) is 0 Å². The van der Waals surface area contributed by atoms with Gasteiger partial charge >= 0.3 is 0 Å². The molecule has 0 aromatic heterocycles. The van der Waals surface area contributed by atoms with Crippen molar-refractivity contribution in [3.05, 3.63) is 0 Å². The number of carbonyl (C=O) groups excluding carboxylic acids is 2. The highest BCUT2D eigenvalue weighted by Crippen LogP contribution is 2.30. The molecule has 0 aromatic carbocycles. The second-order valence-electron chi connectivity index (χ2n) is 7.99. The highest BCUT2D eigenvalue weighted by Gasteiger charge is 2.43. The summed E-state index contributed by atoms with van der Waals surface area (Å²) in [5, 5.41) is 31.0. The van der Waals surface area contributed by atoms with Crippen molar-refractivity contribution < 1.29 is 19.8 Å². The van der Waals surface area contributed by atoms with E-state index in [1.807, 2.05) is 0 Å². The molecule has 2 aliphatic carbocycles. The molecular formula is C18H32N4O4. The van der Waals surface area contributed by atoms with Crippen LogP contribution in [0.5, 0.6) is 0 Å². The maximum atomic E-state index is 11.6. The first-order valence-corrected chi connectivity index (χ1v) is 9.89. The smallest absolute Gasteiger partial charge is 0.240 e. The molecule has 2 amide bonds. The summed E-state index contributed by atoms with van der Waals surface area (Å²) in [6.07, 6.45) is 5.59. The fourth-order valence-electron chi connectivity index (χ4n) is 4.45. The molecule has 0 atom stereocenters. The Morgan fingerprint density at radius 2 is 1.00 bits per heavy atom. The maximum absolute atomic E-state index is 11.6. The van der Waals surface area contributed by atoms with Gasteiger partial charge in [-0.05, 0) is 51.4 Å². The summed E-state index contributed by atoms with van der Waals surface area (Å²) < 4.78 is 0. The second-order valence-corrected chi connectivity index (χ2v) is 7.99. The zero-order valence-corrected chi connectivity index (χ0v) is 15.4. The van der Waals surface area contributed by atoms with Crippen LogP contribution in [0.1, 0.15) is 51.4 Å². The van der Waals surface area contributed by atoms with Gasteiger partial charge in [0.05, 0.1) is 23.3 Å². The molecule has 2 saturated carbocycles. The third-order valence-electron chi connectivity index (χ3n) is 6.23. The monoisotopic (exact) mass is 368 g/mol. The first-order chi connectivity index (χ1) is 12.5. The van der Waals surface area contributed by atoms with Gasteiger partial charge in [-0.15, -0.1) is 0 Å². The molecule has 6 N–H and O–H groups in total. The Morgan fingerprint density at radius 3 is 1.31 bits per heavy atom. The van der Waals surface area contributed by atoms with Gasteiger partial charge in [0.25, 0.3) is 0 Å². The lowest BCUT2D eigenvalue weighted by Crippen LogP contribution is -2.64. The minimum atomic E-state index is -0.364. The summed E-state index contributed by atoms with van der Waals surface area (Å²) >= 11 is 0. The molecule has 4 aliphatic rings. The lowest BCUT2D eigenvalue weighted by Gasteiger charge is -2.41. The van der Waals surface area contributed by atoms with Gasteiger partial charge in [-0.25, -0.2) is 0 Å². The third kappa shape index (κ3) is 4.19. The van der Waals surface area contributed by atoms with Gasteiger partial charge in [-0.1, -0.05) is 0 Å². The van der Waals surface area contributed by atoms with Crippen molar-refractivity contribution in [2.24, 2.45) is 0 Å². The highest BCUT2D eigenvalue weighted by molar-refractivity contribution is 5.87. The number of nitrogens with one attached hydrogen (secondary N) is 4. The first-order valence-electron chi connectivity index (χ1n) is 9.89. The van der Waals surface area contributed by atoms with Gasteiger partial charge in [0.2, 0.25) is 11.8 Å². The van der Waals surface area contributed by atoms with Crippen LogP contribution in [0.2, 0.25) is 0 Å². The van der Waals surface area contributed by atoms with Crippen LogP contribution in [0.15, 0.2) is 0 Å². The summed E-state index contributed by atoms with van der Waals surface area (Å²) in [5.74, 6) is 0.233. The van der Waals surface area contributed by atoms with Gasteiger partial charge in [-0.3, -0.25) is 9.59 Å². The van der Waals surface area contributed by atoms with Crippen molar-refractivity contribution in [2.45, 2.75) is 74.7 Å². The Labute approximate surface area is 154 Å². The molecule has 2 heterocycles. The maximum Gasteiger partial charge on any atom is 0.240 e. The topological polar surface area (TPSA) is 123 Å². The molecule has 2 aliphatic heterocycles. The predicted octanol–water partition coefficient (Wildman–Crippen LogP) is -1.24. The molecule has 4 fully saturated rings. The Morgan fingerprint density at radius 1 is 0.654 bits per heavy atom. The van der Waals surface area contributed by atoms with E-state index in [-0.39, 0.29) is 35.1 Å². The Balaban J connectivity index is 0.000000151. The number of rotatable bonds is 0. The molecular weight excluding hydrogens is 336 g/mol.